The van der Waals surface area contributed by atoms with Crippen LogP contribution < -0.4 is 15.4 Å². The number of halogens is 5. The number of alkyl halides is 3. The number of hydrogen-bond acceptors (Lipinski definition) is 3. The van der Waals surface area contributed by atoms with Gasteiger partial charge in [-0.2, -0.15) is 0 Å². The summed E-state index contributed by atoms with van der Waals surface area (Å²) >= 11 is 9.57. The monoisotopic (exact) mass is 552 g/mol. The minimum atomic E-state index is -4.77. The molecular formula is C25H21BrClF3N2O2. The second-order valence-electron chi connectivity index (χ2n) is 8.07. The molecule has 3 atom stereocenters. The van der Waals surface area contributed by atoms with E-state index in [1.54, 1.807) is 0 Å². The van der Waals surface area contributed by atoms with Gasteiger partial charge in [-0.25, -0.2) is 0 Å². The van der Waals surface area contributed by atoms with Crippen molar-refractivity contribution in [3.63, 3.8) is 0 Å². The van der Waals surface area contributed by atoms with Gasteiger partial charge in [-0.1, -0.05) is 51.8 Å². The van der Waals surface area contributed by atoms with Crippen LogP contribution in [0.15, 0.2) is 77.3 Å². The van der Waals surface area contributed by atoms with Gasteiger partial charge in [0.1, 0.15) is 5.75 Å². The lowest BCUT2D eigenvalue weighted by Gasteiger charge is -2.25. The molecule has 1 aliphatic heterocycles. The Balaban J connectivity index is 1.45. The van der Waals surface area contributed by atoms with Gasteiger partial charge in [-0.15, -0.1) is 13.2 Å². The highest BCUT2D eigenvalue weighted by molar-refractivity contribution is 9.10. The van der Waals surface area contributed by atoms with Gasteiger partial charge < -0.3 is 15.4 Å². The number of carbonyl (C=O) groups is 1. The number of amides is 1. The van der Waals surface area contributed by atoms with Crippen molar-refractivity contribution in [3.8, 4) is 5.75 Å². The van der Waals surface area contributed by atoms with Crippen molar-refractivity contribution in [3.05, 3.63) is 99.0 Å². The molecule has 0 saturated carbocycles. The molecule has 0 aliphatic carbocycles. The third kappa shape index (κ3) is 6.31. The lowest BCUT2D eigenvalue weighted by molar-refractivity contribution is -0.274. The van der Waals surface area contributed by atoms with E-state index in [9.17, 15) is 18.0 Å². The van der Waals surface area contributed by atoms with E-state index in [1.165, 1.54) is 12.1 Å². The van der Waals surface area contributed by atoms with Crippen molar-refractivity contribution < 1.29 is 22.7 Å². The molecule has 0 radical (unpaired) electrons. The molecule has 9 heteroatoms. The van der Waals surface area contributed by atoms with E-state index in [2.05, 4.69) is 43.4 Å². The summed E-state index contributed by atoms with van der Waals surface area (Å²) < 4.78 is 41.9. The molecule has 4 rings (SSSR count). The molecule has 1 amide bonds. The second kappa shape index (κ2) is 10.4. The Morgan fingerprint density at radius 3 is 2.18 bits per heavy atom. The van der Waals surface area contributed by atoms with Crippen molar-refractivity contribution >= 4 is 33.4 Å². The van der Waals surface area contributed by atoms with Gasteiger partial charge in [-0.3, -0.25) is 4.79 Å². The SMILES string of the molecule is O=C(NC1CNC(C(c2ccc(Cl)cc2)c2ccc(Br)cc2)C1)c1ccc(OC(F)(F)F)cc1. The van der Waals surface area contributed by atoms with Gasteiger partial charge in [0.15, 0.2) is 0 Å². The van der Waals surface area contributed by atoms with Crippen molar-refractivity contribution in [2.45, 2.75) is 30.8 Å². The first-order valence-electron chi connectivity index (χ1n) is 10.6. The van der Waals surface area contributed by atoms with E-state index in [1.807, 2.05) is 36.4 Å². The highest BCUT2D eigenvalue weighted by Gasteiger charge is 2.34. The molecule has 1 aliphatic rings. The van der Waals surface area contributed by atoms with Crippen LogP contribution in [0.1, 0.15) is 33.8 Å². The Hall–Kier alpha value is -2.55. The lowest BCUT2D eigenvalue weighted by Crippen LogP contribution is -2.36. The maximum atomic E-state index is 12.7. The third-order valence-corrected chi connectivity index (χ3v) is 6.49. The molecule has 0 spiro atoms. The fourth-order valence-corrected chi connectivity index (χ4v) is 4.60. The van der Waals surface area contributed by atoms with Crippen molar-refractivity contribution in [2.75, 3.05) is 6.54 Å². The van der Waals surface area contributed by atoms with Gasteiger partial charge >= 0.3 is 6.36 Å². The van der Waals surface area contributed by atoms with Crippen LogP contribution in [0.3, 0.4) is 0 Å². The number of ether oxygens (including phenoxy) is 1. The average Bonchev–Trinajstić information content (AvgIpc) is 3.24. The van der Waals surface area contributed by atoms with Crippen LogP contribution in [0, 0.1) is 0 Å². The zero-order chi connectivity index (χ0) is 24.3. The first-order chi connectivity index (χ1) is 16.2. The molecular weight excluding hydrogens is 533 g/mol. The molecule has 2 N–H and O–H groups in total. The molecule has 4 nitrogen and oxygen atoms in total. The van der Waals surface area contributed by atoms with Crippen LogP contribution in [0.4, 0.5) is 13.2 Å². The molecule has 3 aromatic rings. The molecule has 1 heterocycles. The molecule has 0 aromatic heterocycles. The summed E-state index contributed by atoms with van der Waals surface area (Å²) in [6.07, 6.45) is -4.09. The zero-order valence-electron chi connectivity index (χ0n) is 17.8. The van der Waals surface area contributed by atoms with Crippen molar-refractivity contribution in [2.24, 2.45) is 0 Å². The topological polar surface area (TPSA) is 50.4 Å². The molecule has 1 fully saturated rings. The molecule has 178 valence electrons. The predicted octanol–water partition coefficient (Wildman–Crippen LogP) is 6.29. The number of nitrogens with one attached hydrogen (secondary N) is 2. The Morgan fingerprint density at radius 1 is 1.00 bits per heavy atom. The highest BCUT2D eigenvalue weighted by atomic mass is 79.9. The summed E-state index contributed by atoms with van der Waals surface area (Å²) in [5.74, 6) is -0.671. The Labute approximate surface area is 208 Å². The zero-order valence-corrected chi connectivity index (χ0v) is 20.1. The largest absolute Gasteiger partial charge is 0.573 e. The standard InChI is InChI=1S/C25H21BrClF3N2O2/c26-18-7-1-15(2-8-18)23(16-3-9-19(27)10-4-16)22-13-20(14-31-22)32-24(33)17-5-11-21(12-6-17)34-25(28,29)30/h1-12,20,22-23,31H,13-14H2,(H,32,33). The number of hydrogen-bond donors (Lipinski definition) is 2. The quantitative estimate of drug-likeness (QED) is 0.377. The van der Waals surface area contributed by atoms with E-state index in [-0.39, 0.29) is 35.2 Å². The second-order valence-corrected chi connectivity index (χ2v) is 9.43. The summed E-state index contributed by atoms with van der Waals surface area (Å²) in [6.45, 7) is 0.576. The van der Waals surface area contributed by atoms with Gasteiger partial charge in [0.2, 0.25) is 0 Å². The van der Waals surface area contributed by atoms with Crippen molar-refractivity contribution in [1.82, 2.24) is 10.6 Å². The van der Waals surface area contributed by atoms with Gasteiger partial charge in [-0.05, 0) is 66.1 Å². The summed E-state index contributed by atoms with van der Waals surface area (Å²) in [6, 6.07) is 20.7. The van der Waals surface area contributed by atoms with Crippen molar-refractivity contribution in [1.29, 1.82) is 0 Å². The fourth-order valence-electron chi connectivity index (χ4n) is 4.20. The number of carbonyl (C=O) groups excluding carboxylic acids is 1. The van der Waals surface area contributed by atoms with Gasteiger partial charge in [0, 0.05) is 39.6 Å². The highest BCUT2D eigenvalue weighted by Crippen LogP contribution is 2.33. The van der Waals surface area contributed by atoms with Crippen LogP contribution in [-0.2, 0) is 0 Å². The van der Waals surface area contributed by atoms with Crippen LogP contribution in [0.2, 0.25) is 5.02 Å². The molecule has 0 bridgehead atoms. The minimum absolute atomic E-state index is 0.0473. The van der Waals surface area contributed by atoms with Crippen LogP contribution in [0.25, 0.3) is 0 Å². The summed E-state index contributed by atoms with van der Waals surface area (Å²) in [7, 11) is 0. The summed E-state index contributed by atoms with van der Waals surface area (Å²) in [5.41, 5.74) is 2.51. The maximum absolute atomic E-state index is 12.7. The summed E-state index contributed by atoms with van der Waals surface area (Å²) in [5, 5.41) is 7.16. The molecule has 3 unspecified atom stereocenters. The van der Waals surface area contributed by atoms with E-state index in [4.69, 9.17) is 11.6 Å². The molecule has 34 heavy (non-hydrogen) atoms. The maximum Gasteiger partial charge on any atom is 0.573 e. The first kappa shape index (κ1) is 24.6. The van der Waals surface area contributed by atoms with Crippen LogP contribution in [-0.4, -0.2) is 30.9 Å². The van der Waals surface area contributed by atoms with E-state index < -0.39 is 6.36 Å². The van der Waals surface area contributed by atoms with E-state index in [0.717, 1.165) is 27.7 Å². The Morgan fingerprint density at radius 2 is 1.59 bits per heavy atom. The minimum Gasteiger partial charge on any atom is -0.406 e. The normalized spacial score (nSPS) is 19.0. The molecule has 3 aromatic carbocycles. The number of rotatable bonds is 6. The van der Waals surface area contributed by atoms with Gasteiger partial charge in [0.25, 0.3) is 5.91 Å². The Bertz CT molecular complexity index is 1080. The predicted molar refractivity (Wildman–Crippen MR) is 128 cm³/mol. The van der Waals surface area contributed by atoms with Gasteiger partial charge in [0.05, 0.1) is 0 Å². The molecule has 1 saturated heterocycles. The van der Waals surface area contributed by atoms with E-state index >= 15 is 0 Å². The average molecular weight is 554 g/mol. The van der Waals surface area contributed by atoms with Crippen LogP contribution in [0.5, 0.6) is 5.75 Å². The lowest BCUT2D eigenvalue weighted by atomic mass is 9.84. The first-order valence-corrected chi connectivity index (χ1v) is 11.8. The summed E-state index contributed by atoms with van der Waals surface area (Å²) in [4.78, 5) is 12.7. The number of benzene rings is 3. The van der Waals surface area contributed by atoms with E-state index in [0.29, 0.717) is 18.0 Å². The Kier molecular flexibility index (Phi) is 7.50. The smallest absolute Gasteiger partial charge is 0.406 e. The fraction of sp³-hybridized carbons (Fsp3) is 0.240. The third-order valence-electron chi connectivity index (χ3n) is 5.71. The van der Waals surface area contributed by atoms with Crippen LogP contribution >= 0.6 is 27.5 Å².